The van der Waals surface area contributed by atoms with Crippen molar-refractivity contribution < 1.29 is 14.6 Å². The predicted octanol–water partition coefficient (Wildman–Crippen LogP) is 1.52. The number of ether oxygens (including phenoxy) is 1. The molecule has 0 saturated heterocycles. The van der Waals surface area contributed by atoms with Crippen LogP contribution in [0.2, 0.25) is 0 Å². The fourth-order valence-electron chi connectivity index (χ4n) is 1.83. The molecule has 1 aliphatic heterocycles. The summed E-state index contributed by atoms with van der Waals surface area (Å²) in [6.07, 6.45) is 3.74. The van der Waals surface area contributed by atoms with Gasteiger partial charge in [-0.05, 0) is 24.1 Å². The highest BCUT2D eigenvalue weighted by Gasteiger charge is 2.25. The van der Waals surface area contributed by atoms with E-state index in [0.717, 1.165) is 5.56 Å². The predicted molar refractivity (Wildman–Crippen MR) is 68.0 cm³/mol. The Morgan fingerprint density at radius 1 is 1.39 bits per heavy atom. The van der Waals surface area contributed by atoms with Gasteiger partial charge in [-0.1, -0.05) is 24.8 Å². The summed E-state index contributed by atoms with van der Waals surface area (Å²) in [4.78, 5) is 11.3. The lowest BCUT2D eigenvalue weighted by Crippen LogP contribution is -2.31. The number of hydrogen-bond acceptors (Lipinski definition) is 3. The van der Waals surface area contributed by atoms with E-state index >= 15 is 0 Å². The van der Waals surface area contributed by atoms with Crippen LogP contribution in [-0.2, 0) is 16.0 Å². The Labute approximate surface area is 106 Å². The number of carbonyl (C=O) groups is 1. The fraction of sp³-hybridized carbons (Fsp3) is 0.214. The number of rotatable bonds is 5. The van der Waals surface area contributed by atoms with Crippen LogP contribution in [0.5, 0.6) is 5.75 Å². The number of amides is 1. The van der Waals surface area contributed by atoms with Crippen LogP contribution in [0.15, 0.2) is 48.8 Å². The van der Waals surface area contributed by atoms with Gasteiger partial charge in [-0.25, -0.2) is 0 Å². The van der Waals surface area contributed by atoms with Crippen LogP contribution in [-0.4, -0.2) is 23.7 Å². The van der Waals surface area contributed by atoms with Gasteiger partial charge in [0.1, 0.15) is 18.1 Å². The van der Waals surface area contributed by atoms with Crippen molar-refractivity contribution >= 4 is 5.91 Å². The summed E-state index contributed by atoms with van der Waals surface area (Å²) in [6.45, 7) is 3.96. The minimum absolute atomic E-state index is 0.141. The Balaban J connectivity index is 2.04. The molecule has 0 saturated carbocycles. The van der Waals surface area contributed by atoms with Gasteiger partial charge in [0.05, 0.1) is 6.04 Å². The van der Waals surface area contributed by atoms with Crippen molar-refractivity contribution in [3.05, 3.63) is 54.3 Å². The maximum Gasteiger partial charge on any atom is 0.248 e. The zero-order valence-electron chi connectivity index (χ0n) is 9.93. The van der Waals surface area contributed by atoms with E-state index < -0.39 is 0 Å². The van der Waals surface area contributed by atoms with Crippen molar-refractivity contribution in [1.82, 2.24) is 5.32 Å². The van der Waals surface area contributed by atoms with Crippen LogP contribution in [0.1, 0.15) is 5.56 Å². The lowest BCUT2D eigenvalue weighted by atomic mass is 10.1. The molecular formula is C14H15NO3. The number of benzene rings is 1. The van der Waals surface area contributed by atoms with Crippen LogP contribution in [0.4, 0.5) is 0 Å². The highest BCUT2D eigenvalue weighted by atomic mass is 16.5. The van der Waals surface area contributed by atoms with Gasteiger partial charge in [0, 0.05) is 6.08 Å². The zero-order valence-corrected chi connectivity index (χ0v) is 9.93. The van der Waals surface area contributed by atoms with E-state index in [2.05, 4.69) is 11.9 Å². The molecule has 0 spiro atoms. The summed E-state index contributed by atoms with van der Waals surface area (Å²) < 4.78 is 5.44. The lowest BCUT2D eigenvalue weighted by molar-refractivity contribution is -0.116. The number of nitrogens with one attached hydrogen (secondary N) is 1. The molecule has 1 aliphatic rings. The summed E-state index contributed by atoms with van der Waals surface area (Å²) >= 11 is 0. The monoisotopic (exact) mass is 245 g/mol. The largest absolute Gasteiger partial charge is 0.508 e. The first kappa shape index (κ1) is 12.2. The van der Waals surface area contributed by atoms with E-state index in [4.69, 9.17) is 4.74 Å². The molecule has 0 aliphatic carbocycles. The molecular weight excluding hydrogens is 230 g/mol. The van der Waals surface area contributed by atoms with E-state index in [1.807, 2.05) is 12.1 Å². The van der Waals surface area contributed by atoms with Crippen molar-refractivity contribution in [2.45, 2.75) is 12.5 Å². The second kappa shape index (κ2) is 5.40. The molecule has 1 atom stereocenters. The summed E-state index contributed by atoms with van der Waals surface area (Å²) in [6, 6.07) is 6.75. The van der Waals surface area contributed by atoms with E-state index in [-0.39, 0.29) is 17.7 Å². The van der Waals surface area contributed by atoms with Crippen molar-refractivity contribution in [3.8, 4) is 5.75 Å². The standard InChI is InChI=1S/C14H15NO3/c1-2-7-18-13-9-14(17)15-12(13)8-10-3-5-11(16)6-4-10/h2-6,9,12,16H,1,7-8H2,(H,15,17)/t12-/m0/s1. The summed E-state index contributed by atoms with van der Waals surface area (Å²) in [5.41, 5.74) is 1.02. The van der Waals surface area contributed by atoms with Gasteiger partial charge in [0.25, 0.3) is 0 Å². The third kappa shape index (κ3) is 2.91. The van der Waals surface area contributed by atoms with Gasteiger partial charge in [-0.15, -0.1) is 0 Å². The first-order valence-corrected chi connectivity index (χ1v) is 5.72. The Kier molecular flexibility index (Phi) is 3.67. The molecule has 0 unspecified atom stereocenters. The number of carbonyl (C=O) groups excluding carboxylic acids is 1. The number of phenols is 1. The second-order valence-corrected chi connectivity index (χ2v) is 4.08. The summed E-state index contributed by atoms with van der Waals surface area (Å²) in [7, 11) is 0. The van der Waals surface area contributed by atoms with Crippen molar-refractivity contribution in [2.24, 2.45) is 0 Å². The lowest BCUT2D eigenvalue weighted by Gasteiger charge is -2.15. The van der Waals surface area contributed by atoms with Gasteiger partial charge in [0.2, 0.25) is 5.91 Å². The Morgan fingerprint density at radius 3 is 2.78 bits per heavy atom. The highest BCUT2D eigenvalue weighted by Crippen LogP contribution is 2.18. The third-order valence-electron chi connectivity index (χ3n) is 2.68. The van der Waals surface area contributed by atoms with E-state index in [0.29, 0.717) is 18.8 Å². The first-order chi connectivity index (χ1) is 8.69. The average Bonchev–Trinajstić information content (AvgIpc) is 2.70. The normalized spacial score (nSPS) is 18.1. The van der Waals surface area contributed by atoms with Gasteiger partial charge in [0.15, 0.2) is 0 Å². The van der Waals surface area contributed by atoms with E-state index in [1.165, 1.54) is 6.08 Å². The molecule has 0 fully saturated rings. The molecule has 1 aromatic carbocycles. The molecule has 4 heteroatoms. The zero-order chi connectivity index (χ0) is 13.0. The molecule has 0 radical (unpaired) electrons. The number of hydrogen-bond donors (Lipinski definition) is 2. The smallest absolute Gasteiger partial charge is 0.248 e. The van der Waals surface area contributed by atoms with E-state index in [1.54, 1.807) is 18.2 Å². The Hall–Kier alpha value is -2.23. The maximum absolute atomic E-state index is 11.3. The minimum Gasteiger partial charge on any atom is -0.508 e. The summed E-state index contributed by atoms with van der Waals surface area (Å²) in [5.74, 6) is 0.721. The van der Waals surface area contributed by atoms with Gasteiger partial charge >= 0.3 is 0 Å². The van der Waals surface area contributed by atoms with Gasteiger partial charge in [-0.2, -0.15) is 0 Å². The second-order valence-electron chi connectivity index (χ2n) is 4.08. The fourth-order valence-corrected chi connectivity index (χ4v) is 1.83. The van der Waals surface area contributed by atoms with Crippen LogP contribution >= 0.6 is 0 Å². The molecule has 1 heterocycles. The van der Waals surface area contributed by atoms with Gasteiger partial charge < -0.3 is 15.2 Å². The Bertz CT molecular complexity index is 476. The van der Waals surface area contributed by atoms with Crippen molar-refractivity contribution in [2.75, 3.05) is 6.61 Å². The van der Waals surface area contributed by atoms with Gasteiger partial charge in [-0.3, -0.25) is 4.79 Å². The van der Waals surface area contributed by atoms with Crippen LogP contribution in [0, 0.1) is 0 Å². The molecule has 0 aromatic heterocycles. The molecule has 1 amide bonds. The van der Waals surface area contributed by atoms with Crippen LogP contribution in [0.25, 0.3) is 0 Å². The molecule has 2 rings (SSSR count). The molecule has 18 heavy (non-hydrogen) atoms. The van der Waals surface area contributed by atoms with Crippen molar-refractivity contribution in [1.29, 1.82) is 0 Å². The SMILES string of the molecule is C=CCOC1=CC(=O)N[C@H]1Cc1ccc(O)cc1. The molecule has 1 aromatic rings. The summed E-state index contributed by atoms with van der Waals surface area (Å²) in [5, 5.41) is 12.0. The highest BCUT2D eigenvalue weighted by molar-refractivity contribution is 5.91. The topological polar surface area (TPSA) is 58.6 Å². The Morgan fingerprint density at radius 2 is 2.11 bits per heavy atom. The molecule has 0 bridgehead atoms. The molecule has 94 valence electrons. The van der Waals surface area contributed by atoms with E-state index in [9.17, 15) is 9.90 Å². The van der Waals surface area contributed by atoms with Crippen LogP contribution < -0.4 is 5.32 Å². The quantitative estimate of drug-likeness (QED) is 0.773. The van der Waals surface area contributed by atoms with Crippen LogP contribution in [0.3, 0.4) is 0 Å². The third-order valence-corrected chi connectivity index (χ3v) is 2.68. The minimum atomic E-state index is -0.151. The molecule has 4 nitrogen and oxygen atoms in total. The molecule has 2 N–H and O–H groups in total. The maximum atomic E-state index is 11.3. The van der Waals surface area contributed by atoms with Crippen molar-refractivity contribution in [3.63, 3.8) is 0 Å². The first-order valence-electron chi connectivity index (χ1n) is 5.72. The number of aromatic hydroxyl groups is 1. The number of phenolic OH excluding ortho intramolecular Hbond substituents is 1. The average molecular weight is 245 g/mol.